The minimum absolute atomic E-state index is 0.0390. The van der Waals surface area contributed by atoms with E-state index < -0.39 is 0 Å². The van der Waals surface area contributed by atoms with Gasteiger partial charge in [-0.05, 0) is 55.3 Å². The van der Waals surface area contributed by atoms with Crippen molar-refractivity contribution >= 4 is 11.6 Å². The minimum atomic E-state index is -0.135. The van der Waals surface area contributed by atoms with Gasteiger partial charge in [-0.2, -0.15) is 0 Å². The normalized spacial score (nSPS) is 16.4. The van der Waals surface area contributed by atoms with Crippen LogP contribution in [0, 0.1) is 0 Å². The summed E-state index contributed by atoms with van der Waals surface area (Å²) in [6, 6.07) is 12.6. The molecule has 6 heteroatoms. The Morgan fingerprint density at radius 3 is 2.69 bits per heavy atom. The lowest BCUT2D eigenvalue weighted by molar-refractivity contribution is 0.0713. The van der Waals surface area contributed by atoms with Crippen LogP contribution >= 0.6 is 0 Å². The zero-order valence-corrected chi connectivity index (χ0v) is 14.9. The maximum atomic E-state index is 12.7. The third-order valence-corrected chi connectivity index (χ3v) is 4.19. The first-order valence-corrected chi connectivity index (χ1v) is 8.55. The molecule has 0 spiro atoms. The number of nitrogen functional groups attached to an aromatic ring is 1. The van der Waals surface area contributed by atoms with Crippen LogP contribution in [0.3, 0.4) is 0 Å². The van der Waals surface area contributed by atoms with Gasteiger partial charge in [-0.15, -0.1) is 0 Å². The Bertz CT molecular complexity index is 802. The van der Waals surface area contributed by atoms with Gasteiger partial charge in [0.15, 0.2) is 11.5 Å². The first kappa shape index (κ1) is 17.8. The molecule has 1 aliphatic rings. The summed E-state index contributed by atoms with van der Waals surface area (Å²) in [5.74, 6) is 1.25. The van der Waals surface area contributed by atoms with Gasteiger partial charge in [0.05, 0.1) is 19.8 Å². The molecule has 26 heavy (non-hydrogen) atoms. The Balaban J connectivity index is 1.79. The number of nitrogens with zero attached hydrogens (tertiary/aromatic N) is 1. The number of hydrazine groups is 1. The molecular formula is C20H23N3O3. The molecule has 1 unspecified atom stereocenters. The van der Waals surface area contributed by atoms with Gasteiger partial charge in [0.1, 0.15) is 0 Å². The first-order valence-electron chi connectivity index (χ1n) is 8.55. The van der Waals surface area contributed by atoms with Gasteiger partial charge < -0.3 is 15.2 Å². The van der Waals surface area contributed by atoms with Crippen molar-refractivity contribution in [1.82, 2.24) is 10.4 Å². The highest BCUT2D eigenvalue weighted by Gasteiger charge is 2.22. The van der Waals surface area contributed by atoms with Gasteiger partial charge in [0.25, 0.3) is 5.91 Å². The van der Waals surface area contributed by atoms with E-state index in [0.29, 0.717) is 29.4 Å². The summed E-state index contributed by atoms with van der Waals surface area (Å²) in [7, 11) is 1.62. The summed E-state index contributed by atoms with van der Waals surface area (Å²) in [5, 5.41) is 1.50. The maximum absolute atomic E-state index is 12.7. The predicted molar refractivity (Wildman–Crippen MR) is 101 cm³/mol. The van der Waals surface area contributed by atoms with Crippen molar-refractivity contribution in [2.24, 2.45) is 0 Å². The summed E-state index contributed by atoms with van der Waals surface area (Å²) < 4.78 is 11.0. The fourth-order valence-corrected chi connectivity index (χ4v) is 2.85. The molecule has 1 atom stereocenters. The second kappa shape index (κ2) is 7.93. The molecule has 1 amide bonds. The Labute approximate surface area is 153 Å². The highest BCUT2D eigenvalue weighted by atomic mass is 16.5. The van der Waals surface area contributed by atoms with Crippen molar-refractivity contribution in [3.63, 3.8) is 0 Å². The number of carbonyl (C=O) groups is 1. The standard InChI is InChI=1S/C20H23N3O3/c1-3-26-19-13-15(8-11-18(19)25-2)17-5-4-12-23(22-17)20(24)14-6-9-16(21)10-7-14/h4,6-13,17,22H,3,5,21H2,1-2H3. The monoisotopic (exact) mass is 353 g/mol. The lowest BCUT2D eigenvalue weighted by atomic mass is 10.0. The van der Waals surface area contributed by atoms with Crippen molar-refractivity contribution in [1.29, 1.82) is 0 Å². The van der Waals surface area contributed by atoms with Crippen LogP contribution in [0.2, 0.25) is 0 Å². The highest BCUT2D eigenvalue weighted by Crippen LogP contribution is 2.32. The molecule has 1 aliphatic heterocycles. The third kappa shape index (κ3) is 3.81. The number of nitrogens with one attached hydrogen (secondary N) is 1. The minimum Gasteiger partial charge on any atom is -0.493 e. The van der Waals surface area contributed by atoms with Gasteiger partial charge in [-0.25, -0.2) is 10.4 Å². The number of carbonyl (C=O) groups excluding carboxylic acids is 1. The zero-order chi connectivity index (χ0) is 18.5. The molecule has 0 aromatic heterocycles. The van der Waals surface area contributed by atoms with Gasteiger partial charge in [0, 0.05) is 17.5 Å². The fraction of sp³-hybridized carbons (Fsp3) is 0.250. The van der Waals surface area contributed by atoms with Crippen LogP contribution in [-0.2, 0) is 0 Å². The summed E-state index contributed by atoms with van der Waals surface area (Å²) in [6.45, 7) is 2.49. The Morgan fingerprint density at radius 2 is 2.00 bits per heavy atom. The van der Waals surface area contributed by atoms with Gasteiger partial charge in [0.2, 0.25) is 0 Å². The second-order valence-electron chi connectivity index (χ2n) is 5.94. The van der Waals surface area contributed by atoms with E-state index in [9.17, 15) is 4.79 Å². The SMILES string of the molecule is CCOc1cc(C2CC=CN(C(=O)c3ccc(N)cc3)N2)ccc1OC. The number of methoxy groups -OCH3 is 1. The molecule has 0 aliphatic carbocycles. The summed E-state index contributed by atoms with van der Waals surface area (Å²) >= 11 is 0. The van der Waals surface area contributed by atoms with Crippen molar-refractivity contribution < 1.29 is 14.3 Å². The Hall–Kier alpha value is -2.99. The number of hydrogen-bond acceptors (Lipinski definition) is 5. The molecular weight excluding hydrogens is 330 g/mol. The molecule has 0 saturated carbocycles. The van der Waals surface area contributed by atoms with Crippen molar-refractivity contribution in [2.45, 2.75) is 19.4 Å². The number of anilines is 1. The summed E-state index contributed by atoms with van der Waals surface area (Å²) in [5.41, 5.74) is 11.2. The Morgan fingerprint density at radius 1 is 1.23 bits per heavy atom. The van der Waals surface area contributed by atoms with E-state index in [1.54, 1.807) is 37.6 Å². The van der Waals surface area contributed by atoms with Crippen LogP contribution in [0.4, 0.5) is 5.69 Å². The van der Waals surface area contributed by atoms with E-state index in [2.05, 4.69) is 5.43 Å². The van der Waals surface area contributed by atoms with E-state index in [-0.39, 0.29) is 11.9 Å². The average Bonchev–Trinajstić information content (AvgIpc) is 2.68. The van der Waals surface area contributed by atoms with Gasteiger partial charge >= 0.3 is 0 Å². The van der Waals surface area contributed by atoms with E-state index >= 15 is 0 Å². The number of benzene rings is 2. The maximum Gasteiger partial charge on any atom is 0.272 e. The average molecular weight is 353 g/mol. The number of amides is 1. The molecule has 2 aromatic carbocycles. The van der Waals surface area contributed by atoms with Crippen LogP contribution in [-0.4, -0.2) is 24.6 Å². The number of nitrogens with two attached hydrogens (primary N) is 1. The van der Waals surface area contributed by atoms with E-state index in [1.165, 1.54) is 5.01 Å². The number of rotatable bonds is 5. The number of ether oxygens (including phenoxy) is 2. The van der Waals surface area contributed by atoms with Crippen LogP contribution in [0.25, 0.3) is 0 Å². The Kier molecular flexibility index (Phi) is 5.43. The highest BCUT2D eigenvalue weighted by molar-refractivity contribution is 5.94. The van der Waals surface area contributed by atoms with Crippen LogP contribution in [0.5, 0.6) is 11.5 Å². The van der Waals surface area contributed by atoms with Crippen molar-refractivity contribution in [3.8, 4) is 11.5 Å². The smallest absolute Gasteiger partial charge is 0.272 e. The molecule has 3 N–H and O–H groups in total. The molecule has 0 saturated heterocycles. The van der Waals surface area contributed by atoms with E-state index in [0.717, 1.165) is 12.0 Å². The molecule has 136 valence electrons. The molecule has 1 heterocycles. The fourth-order valence-electron chi connectivity index (χ4n) is 2.85. The van der Waals surface area contributed by atoms with Crippen molar-refractivity contribution in [3.05, 3.63) is 65.9 Å². The van der Waals surface area contributed by atoms with Crippen molar-refractivity contribution in [2.75, 3.05) is 19.5 Å². The molecule has 2 aromatic rings. The molecule has 3 rings (SSSR count). The topological polar surface area (TPSA) is 76.8 Å². The van der Waals surface area contributed by atoms with Crippen LogP contribution in [0.15, 0.2) is 54.7 Å². The zero-order valence-electron chi connectivity index (χ0n) is 14.9. The summed E-state index contributed by atoms with van der Waals surface area (Å²) in [4.78, 5) is 12.7. The van der Waals surface area contributed by atoms with Gasteiger partial charge in [-0.1, -0.05) is 12.1 Å². The van der Waals surface area contributed by atoms with E-state index in [4.69, 9.17) is 15.2 Å². The van der Waals surface area contributed by atoms with Crippen LogP contribution in [0.1, 0.15) is 35.3 Å². The molecule has 0 bridgehead atoms. The number of hydrogen-bond donors (Lipinski definition) is 2. The molecule has 6 nitrogen and oxygen atoms in total. The van der Waals surface area contributed by atoms with Crippen LogP contribution < -0.4 is 20.6 Å². The molecule has 0 radical (unpaired) electrons. The largest absolute Gasteiger partial charge is 0.493 e. The predicted octanol–water partition coefficient (Wildman–Crippen LogP) is 3.28. The molecule has 0 fully saturated rings. The first-order chi connectivity index (χ1) is 12.6. The lowest BCUT2D eigenvalue weighted by Gasteiger charge is -2.30. The second-order valence-corrected chi connectivity index (χ2v) is 5.94. The lowest BCUT2D eigenvalue weighted by Crippen LogP contribution is -2.43. The van der Waals surface area contributed by atoms with Gasteiger partial charge in [-0.3, -0.25) is 4.79 Å². The third-order valence-electron chi connectivity index (χ3n) is 4.19. The summed E-state index contributed by atoms with van der Waals surface area (Å²) in [6.07, 6.45) is 4.49. The quantitative estimate of drug-likeness (QED) is 0.807. The van der Waals surface area contributed by atoms with E-state index in [1.807, 2.05) is 31.2 Å².